The number of carbonyl (C=O) groups excluding carboxylic acids is 1. The number of carboxylic acid groups (broad SMARTS) is 1. The fourth-order valence-corrected chi connectivity index (χ4v) is 3.64. The number of aromatic nitrogens is 2. The molecule has 0 saturated carbocycles. The normalized spacial score (nSPS) is 17.3. The van der Waals surface area contributed by atoms with Crippen LogP contribution in [-0.4, -0.2) is 44.8 Å². The third kappa shape index (κ3) is 4.07. The molecule has 1 N–H and O–H groups in total. The molecule has 3 rings (SSSR count). The smallest absolute Gasteiger partial charge is 0.303 e. The average Bonchev–Trinajstić information content (AvgIpc) is 3.01. The van der Waals surface area contributed by atoms with E-state index in [2.05, 4.69) is 5.10 Å². The first-order valence-corrected chi connectivity index (χ1v) is 9.16. The Bertz CT molecular complexity index is 818. The molecule has 2 heterocycles. The lowest BCUT2D eigenvalue weighted by atomic mass is 9.93. The van der Waals surface area contributed by atoms with E-state index in [1.54, 1.807) is 21.7 Å². The lowest BCUT2D eigenvalue weighted by molar-refractivity contribution is -0.137. The monoisotopic (exact) mass is 375 g/mol. The third-order valence-electron chi connectivity index (χ3n) is 4.76. The average molecular weight is 376 g/mol. The first-order valence-electron chi connectivity index (χ1n) is 8.78. The molecule has 138 valence electrons. The van der Waals surface area contributed by atoms with Gasteiger partial charge >= 0.3 is 5.97 Å². The third-order valence-corrected chi connectivity index (χ3v) is 5.08. The van der Waals surface area contributed by atoms with Crippen molar-refractivity contribution in [3.05, 3.63) is 46.7 Å². The molecule has 1 unspecified atom stereocenters. The van der Waals surface area contributed by atoms with Crippen LogP contribution in [0.4, 0.5) is 0 Å². The van der Waals surface area contributed by atoms with E-state index in [-0.39, 0.29) is 18.2 Å². The van der Waals surface area contributed by atoms with Gasteiger partial charge in [0.25, 0.3) is 5.91 Å². The maximum Gasteiger partial charge on any atom is 0.303 e. The number of hydrogen-bond donors (Lipinski definition) is 1. The van der Waals surface area contributed by atoms with Gasteiger partial charge in [-0.05, 0) is 50.3 Å². The van der Waals surface area contributed by atoms with Crippen molar-refractivity contribution in [3.63, 3.8) is 0 Å². The second-order valence-electron chi connectivity index (χ2n) is 6.73. The summed E-state index contributed by atoms with van der Waals surface area (Å²) in [6.45, 7) is 3.16. The largest absolute Gasteiger partial charge is 0.481 e. The Kier molecular flexibility index (Phi) is 5.61. The Balaban J connectivity index is 1.75. The van der Waals surface area contributed by atoms with Crippen molar-refractivity contribution in [1.29, 1.82) is 0 Å². The zero-order valence-electron chi connectivity index (χ0n) is 14.7. The van der Waals surface area contributed by atoms with E-state index in [0.717, 1.165) is 24.2 Å². The summed E-state index contributed by atoms with van der Waals surface area (Å²) in [6.07, 6.45) is 2.60. The maximum atomic E-state index is 12.9. The minimum atomic E-state index is -0.789. The Morgan fingerprint density at radius 1 is 1.35 bits per heavy atom. The van der Waals surface area contributed by atoms with Crippen LogP contribution in [0, 0.1) is 12.8 Å². The van der Waals surface area contributed by atoms with Gasteiger partial charge in [0.15, 0.2) is 5.69 Å². The zero-order chi connectivity index (χ0) is 18.7. The second-order valence-corrected chi connectivity index (χ2v) is 7.13. The number of aryl methyl sites for hydroxylation is 1. The molecule has 6 nitrogen and oxygen atoms in total. The highest BCUT2D eigenvalue weighted by Gasteiger charge is 2.26. The van der Waals surface area contributed by atoms with E-state index in [1.165, 1.54) is 0 Å². The predicted octanol–water partition coefficient (Wildman–Crippen LogP) is 3.55. The van der Waals surface area contributed by atoms with Gasteiger partial charge in [-0.2, -0.15) is 5.10 Å². The number of halogens is 1. The summed E-state index contributed by atoms with van der Waals surface area (Å²) >= 11 is 6.24. The van der Waals surface area contributed by atoms with Crippen molar-refractivity contribution in [3.8, 4) is 5.69 Å². The highest BCUT2D eigenvalue weighted by atomic mass is 35.5. The summed E-state index contributed by atoms with van der Waals surface area (Å²) in [6, 6.07) is 9.15. The fourth-order valence-electron chi connectivity index (χ4n) is 3.42. The number of para-hydroxylation sites is 1. The van der Waals surface area contributed by atoms with E-state index >= 15 is 0 Å². The Morgan fingerprint density at radius 2 is 2.12 bits per heavy atom. The SMILES string of the molecule is Cc1cc(C(=O)N2CCCC(CCC(=O)O)C2)nn1-c1ccccc1Cl. The van der Waals surface area contributed by atoms with Crippen LogP contribution in [0.25, 0.3) is 5.69 Å². The molecular weight excluding hydrogens is 354 g/mol. The highest BCUT2D eigenvalue weighted by molar-refractivity contribution is 6.32. The van der Waals surface area contributed by atoms with Crippen molar-refractivity contribution < 1.29 is 14.7 Å². The topological polar surface area (TPSA) is 75.4 Å². The van der Waals surface area contributed by atoms with Crippen LogP contribution in [0.15, 0.2) is 30.3 Å². The zero-order valence-corrected chi connectivity index (χ0v) is 15.4. The molecule has 26 heavy (non-hydrogen) atoms. The number of nitrogens with zero attached hydrogens (tertiary/aromatic N) is 3. The van der Waals surface area contributed by atoms with Crippen molar-refractivity contribution in [2.45, 2.75) is 32.6 Å². The fraction of sp³-hybridized carbons (Fsp3) is 0.421. The van der Waals surface area contributed by atoms with Crippen LogP contribution < -0.4 is 0 Å². The summed E-state index contributed by atoms with van der Waals surface area (Å²) in [5.41, 5.74) is 1.96. The lowest BCUT2D eigenvalue weighted by Crippen LogP contribution is -2.40. The van der Waals surface area contributed by atoms with Gasteiger partial charge in [0.2, 0.25) is 0 Å². The van der Waals surface area contributed by atoms with Gasteiger partial charge in [0, 0.05) is 25.2 Å². The van der Waals surface area contributed by atoms with Crippen LogP contribution >= 0.6 is 11.6 Å². The van der Waals surface area contributed by atoms with Crippen LogP contribution in [0.5, 0.6) is 0 Å². The van der Waals surface area contributed by atoms with Crippen LogP contribution in [0.3, 0.4) is 0 Å². The Morgan fingerprint density at radius 3 is 2.85 bits per heavy atom. The van der Waals surface area contributed by atoms with Gasteiger partial charge < -0.3 is 10.0 Å². The molecule has 7 heteroatoms. The summed E-state index contributed by atoms with van der Waals surface area (Å²) in [5, 5.41) is 13.9. The second kappa shape index (κ2) is 7.91. The van der Waals surface area contributed by atoms with Crippen molar-refractivity contribution in [1.82, 2.24) is 14.7 Å². The maximum absolute atomic E-state index is 12.9. The molecular formula is C19H22ClN3O3. The summed E-state index contributed by atoms with van der Waals surface area (Å²) < 4.78 is 1.68. The number of carbonyl (C=O) groups is 2. The number of likely N-dealkylation sites (tertiary alicyclic amines) is 1. The first kappa shape index (κ1) is 18.5. The molecule has 1 atom stereocenters. The minimum absolute atomic E-state index is 0.112. The van der Waals surface area contributed by atoms with Gasteiger partial charge in [-0.15, -0.1) is 0 Å². The van der Waals surface area contributed by atoms with Gasteiger partial charge in [0.1, 0.15) is 0 Å². The van der Waals surface area contributed by atoms with Crippen LogP contribution in [0.1, 0.15) is 41.9 Å². The molecule has 1 aromatic carbocycles. The number of rotatable bonds is 5. The first-order chi connectivity index (χ1) is 12.5. The van der Waals surface area contributed by atoms with E-state index < -0.39 is 5.97 Å². The summed E-state index contributed by atoms with van der Waals surface area (Å²) in [4.78, 5) is 25.4. The van der Waals surface area contributed by atoms with E-state index in [4.69, 9.17) is 16.7 Å². The predicted molar refractivity (Wildman–Crippen MR) is 98.8 cm³/mol. The van der Waals surface area contributed by atoms with Crippen molar-refractivity contribution in [2.75, 3.05) is 13.1 Å². The number of carboxylic acids is 1. The Hall–Kier alpha value is -2.34. The number of aliphatic carboxylic acids is 1. The quantitative estimate of drug-likeness (QED) is 0.867. The molecule has 1 amide bonds. The molecule has 2 aromatic rings. The molecule has 1 fully saturated rings. The van der Waals surface area contributed by atoms with Crippen LogP contribution in [-0.2, 0) is 4.79 Å². The Labute approximate surface area is 157 Å². The van der Waals surface area contributed by atoms with Gasteiger partial charge in [-0.25, -0.2) is 4.68 Å². The van der Waals surface area contributed by atoms with Gasteiger partial charge in [0.05, 0.1) is 10.7 Å². The van der Waals surface area contributed by atoms with Crippen molar-refractivity contribution >= 4 is 23.5 Å². The lowest BCUT2D eigenvalue weighted by Gasteiger charge is -2.32. The summed E-state index contributed by atoms with van der Waals surface area (Å²) in [5.74, 6) is -0.669. The van der Waals surface area contributed by atoms with E-state index in [0.29, 0.717) is 30.2 Å². The van der Waals surface area contributed by atoms with Crippen LogP contribution in [0.2, 0.25) is 5.02 Å². The number of piperidine rings is 1. The molecule has 0 spiro atoms. The standard InChI is InChI=1S/C19H22ClN3O3/c1-13-11-16(21-23(13)17-7-3-2-6-15(17)20)19(26)22-10-4-5-14(12-22)8-9-18(24)25/h2-3,6-7,11,14H,4-5,8-10,12H2,1H3,(H,24,25). The number of amides is 1. The minimum Gasteiger partial charge on any atom is -0.481 e. The molecule has 1 aromatic heterocycles. The molecule has 0 bridgehead atoms. The van der Waals surface area contributed by atoms with Crippen molar-refractivity contribution in [2.24, 2.45) is 5.92 Å². The molecule has 1 aliphatic rings. The van der Waals surface area contributed by atoms with E-state index in [9.17, 15) is 9.59 Å². The number of hydrogen-bond acceptors (Lipinski definition) is 3. The molecule has 1 aliphatic heterocycles. The molecule has 1 saturated heterocycles. The molecule has 0 aliphatic carbocycles. The highest BCUT2D eigenvalue weighted by Crippen LogP contribution is 2.24. The van der Waals surface area contributed by atoms with Gasteiger partial charge in [-0.1, -0.05) is 23.7 Å². The van der Waals surface area contributed by atoms with E-state index in [1.807, 2.05) is 25.1 Å². The number of benzene rings is 1. The van der Waals surface area contributed by atoms with Gasteiger partial charge in [-0.3, -0.25) is 9.59 Å². The summed E-state index contributed by atoms with van der Waals surface area (Å²) in [7, 11) is 0. The molecule has 0 radical (unpaired) electrons.